The minimum atomic E-state index is -0.858. The zero-order chi connectivity index (χ0) is 44.4. The molecular weight excluding hydrogens is 809 g/mol. The topological polar surface area (TPSA) is 152 Å². The summed E-state index contributed by atoms with van der Waals surface area (Å²) in [5.74, 6) is -1.53. The summed E-state index contributed by atoms with van der Waals surface area (Å²) in [7, 11) is 0. The van der Waals surface area contributed by atoms with Crippen LogP contribution in [0, 0.1) is 5.92 Å². The summed E-state index contributed by atoms with van der Waals surface area (Å²) in [6, 6.07) is 43.0. The summed E-state index contributed by atoms with van der Waals surface area (Å²) in [4.78, 5) is 22.0. The van der Waals surface area contributed by atoms with Gasteiger partial charge in [-0.2, -0.15) is 0 Å². The van der Waals surface area contributed by atoms with Crippen LogP contribution in [0.2, 0.25) is 0 Å². The molecule has 0 radical (unpaired) electrons. The van der Waals surface area contributed by atoms with Crippen molar-refractivity contribution in [3.05, 3.63) is 192 Å². The van der Waals surface area contributed by atoms with Crippen LogP contribution in [-0.4, -0.2) is 45.6 Å². The molecule has 2 fully saturated rings. The molecule has 2 unspecified atom stereocenters. The van der Waals surface area contributed by atoms with Gasteiger partial charge in [-0.05, 0) is 82.1 Å². The SMILES string of the molecule is O=C(O)CC/C=C\C=C1\COC(c2ccccc2-c2cccc(-c3ccc4c(C5OC[C@@H](C/C=C\CCC(=O)O)[C@@H](c6ccccc6O)O5)cccc4c3)c2)O[C@@H]1c1ccccc1O. The summed E-state index contributed by atoms with van der Waals surface area (Å²) in [6.45, 7) is 0.619. The predicted molar refractivity (Wildman–Crippen MR) is 244 cm³/mol. The Labute approximate surface area is 372 Å². The molecule has 0 spiro atoms. The molecule has 8 rings (SSSR count). The molecule has 64 heavy (non-hydrogen) atoms. The fourth-order valence-electron chi connectivity index (χ4n) is 8.39. The molecule has 10 nitrogen and oxygen atoms in total. The van der Waals surface area contributed by atoms with E-state index in [-0.39, 0.29) is 36.9 Å². The van der Waals surface area contributed by atoms with Gasteiger partial charge >= 0.3 is 11.9 Å². The van der Waals surface area contributed by atoms with Crippen molar-refractivity contribution < 1.29 is 49.0 Å². The normalized spacial score (nSPS) is 20.9. The van der Waals surface area contributed by atoms with Crippen molar-refractivity contribution in [2.45, 2.75) is 56.9 Å². The lowest BCUT2D eigenvalue weighted by molar-refractivity contribution is -0.243. The number of phenols is 2. The lowest BCUT2D eigenvalue weighted by Crippen LogP contribution is -2.30. The molecule has 0 saturated carbocycles. The highest BCUT2D eigenvalue weighted by Crippen LogP contribution is 2.46. The molecule has 6 aromatic carbocycles. The maximum Gasteiger partial charge on any atom is 0.303 e. The van der Waals surface area contributed by atoms with Gasteiger partial charge in [0.15, 0.2) is 12.6 Å². The third-order valence-corrected chi connectivity index (χ3v) is 11.6. The Bertz CT molecular complexity index is 2700. The first-order valence-electron chi connectivity index (χ1n) is 21.5. The number of benzene rings is 6. The number of carboxylic acids is 2. The molecule has 6 aromatic rings. The molecule has 2 aliphatic heterocycles. The first-order chi connectivity index (χ1) is 31.2. The Morgan fingerprint density at radius 3 is 2.00 bits per heavy atom. The number of carboxylic acid groups (broad SMARTS) is 2. The monoisotopic (exact) mass is 858 g/mol. The number of fused-ring (bicyclic) bond motifs is 1. The van der Waals surface area contributed by atoms with Crippen LogP contribution in [0.25, 0.3) is 33.0 Å². The van der Waals surface area contributed by atoms with Gasteiger partial charge in [0.2, 0.25) is 0 Å². The zero-order valence-corrected chi connectivity index (χ0v) is 35.2. The zero-order valence-electron chi connectivity index (χ0n) is 35.2. The Balaban J connectivity index is 1.04. The minimum absolute atomic E-state index is 0.0350. The van der Waals surface area contributed by atoms with Gasteiger partial charge in [-0.3, -0.25) is 9.59 Å². The van der Waals surface area contributed by atoms with E-state index >= 15 is 0 Å². The first-order valence-corrected chi connectivity index (χ1v) is 21.5. The van der Waals surface area contributed by atoms with E-state index in [0.717, 1.165) is 49.7 Å². The number of aromatic hydroxyl groups is 2. The molecule has 0 bridgehead atoms. The second-order valence-electron chi connectivity index (χ2n) is 16.0. The Hall–Kier alpha value is -6.82. The predicted octanol–water partition coefficient (Wildman–Crippen LogP) is 11.9. The number of rotatable bonds is 15. The number of carbonyl (C=O) groups is 2. The average Bonchev–Trinajstić information content (AvgIpc) is 3.31. The van der Waals surface area contributed by atoms with E-state index in [1.165, 1.54) is 0 Å². The number of ether oxygens (including phenoxy) is 4. The van der Waals surface area contributed by atoms with Gasteiger partial charge in [0.1, 0.15) is 17.6 Å². The van der Waals surface area contributed by atoms with Crippen molar-refractivity contribution in [3.63, 3.8) is 0 Å². The van der Waals surface area contributed by atoms with Crippen LogP contribution in [0.4, 0.5) is 0 Å². The quantitative estimate of drug-likeness (QED) is 0.0734. The van der Waals surface area contributed by atoms with E-state index in [4.69, 9.17) is 29.2 Å². The summed E-state index contributed by atoms with van der Waals surface area (Å²) in [6.07, 6.45) is 8.35. The van der Waals surface area contributed by atoms with Crippen LogP contribution in [0.3, 0.4) is 0 Å². The second-order valence-corrected chi connectivity index (χ2v) is 16.0. The van der Waals surface area contributed by atoms with Crippen LogP contribution < -0.4 is 0 Å². The van der Waals surface area contributed by atoms with Crippen LogP contribution >= 0.6 is 0 Å². The van der Waals surface area contributed by atoms with Gasteiger partial charge in [0.25, 0.3) is 0 Å². The van der Waals surface area contributed by atoms with Crippen molar-refractivity contribution in [2.75, 3.05) is 13.2 Å². The van der Waals surface area contributed by atoms with E-state index in [9.17, 15) is 19.8 Å². The Morgan fingerprint density at radius 1 is 0.594 bits per heavy atom. The number of allylic oxidation sites excluding steroid dienone is 5. The summed E-state index contributed by atoms with van der Waals surface area (Å²) >= 11 is 0. The average molecular weight is 859 g/mol. The first kappa shape index (κ1) is 43.8. The minimum Gasteiger partial charge on any atom is -0.508 e. The Kier molecular flexibility index (Phi) is 14.1. The molecule has 0 amide bonds. The van der Waals surface area contributed by atoms with E-state index in [2.05, 4.69) is 42.5 Å². The smallest absolute Gasteiger partial charge is 0.303 e. The fraction of sp³-hybridized carbons (Fsp3) is 0.222. The lowest BCUT2D eigenvalue weighted by Gasteiger charge is -2.37. The van der Waals surface area contributed by atoms with Crippen LogP contribution in [0.15, 0.2) is 169 Å². The number of hydrogen-bond acceptors (Lipinski definition) is 8. The molecule has 10 heteroatoms. The van der Waals surface area contributed by atoms with Gasteiger partial charge in [0.05, 0.1) is 19.3 Å². The highest BCUT2D eigenvalue weighted by atomic mass is 16.7. The van der Waals surface area contributed by atoms with Gasteiger partial charge in [0, 0.05) is 41.0 Å². The third-order valence-electron chi connectivity index (χ3n) is 11.6. The maximum atomic E-state index is 11.0. The van der Waals surface area contributed by atoms with Gasteiger partial charge in [-0.25, -0.2) is 0 Å². The molecule has 4 N–H and O–H groups in total. The fourth-order valence-corrected chi connectivity index (χ4v) is 8.39. The molecule has 2 heterocycles. The van der Waals surface area contributed by atoms with Crippen molar-refractivity contribution >= 4 is 22.7 Å². The van der Waals surface area contributed by atoms with Crippen LogP contribution in [0.1, 0.15) is 79.1 Å². The summed E-state index contributed by atoms with van der Waals surface area (Å²) in [5, 5.41) is 41.8. The van der Waals surface area contributed by atoms with Crippen molar-refractivity contribution in [2.24, 2.45) is 5.92 Å². The molecule has 2 aliphatic rings. The lowest BCUT2D eigenvalue weighted by atomic mass is 9.90. The second kappa shape index (κ2) is 20.6. The van der Waals surface area contributed by atoms with Crippen molar-refractivity contribution in [1.82, 2.24) is 0 Å². The molecule has 0 aromatic heterocycles. The number of para-hydroxylation sites is 2. The van der Waals surface area contributed by atoms with Gasteiger partial charge < -0.3 is 39.4 Å². The molecule has 5 atom stereocenters. The number of aliphatic carboxylic acids is 2. The van der Waals surface area contributed by atoms with Crippen LogP contribution in [-0.2, 0) is 28.5 Å². The van der Waals surface area contributed by atoms with E-state index in [1.807, 2.05) is 91.0 Å². The largest absolute Gasteiger partial charge is 0.508 e. The third kappa shape index (κ3) is 10.3. The van der Waals surface area contributed by atoms with E-state index in [0.29, 0.717) is 37.0 Å². The van der Waals surface area contributed by atoms with Crippen LogP contribution in [0.5, 0.6) is 11.5 Å². The molecule has 2 saturated heterocycles. The molecule has 326 valence electrons. The highest BCUT2D eigenvalue weighted by molar-refractivity contribution is 5.90. The van der Waals surface area contributed by atoms with Gasteiger partial charge in [-0.15, -0.1) is 0 Å². The Morgan fingerprint density at radius 2 is 1.23 bits per heavy atom. The number of hydrogen-bond donors (Lipinski definition) is 4. The maximum absolute atomic E-state index is 11.0. The van der Waals surface area contributed by atoms with E-state index in [1.54, 1.807) is 30.3 Å². The summed E-state index contributed by atoms with van der Waals surface area (Å²) < 4.78 is 26.2. The van der Waals surface area contributed by atoms with E-state index < -0.39 is 36.7 Å². The van der Waals surface area contributed by atoms with Crippen molar-refractivity contribution in [3.8, 4) is 33.8 Å². The molecule has 0 aliphatic carbocycles. The van der Waals surface area contributed by atoms with Gasteiger partial charge in [-0.1, -0.05) is 140 Å². The standard InChI is InChI=1S/C54H50O10/c55-47-25-11-9-22-45(47)51-39(15-3-1-5-27-49(57)58)33-61-53(63-51)43-21-8-7-20-41(43)37-18-13-17-35(31-37)36-29-30-42-38(32-36)19-14-24-44(42)54-62-34-40(16-4-2-6-28-50(59)60)52(64-54)46-23-10-12-26-48(46)56/h1-4,7-15,17-26,29-32,40,51-56H,5-6,16,27-28,33-34H2,(H,57,58)(H,59,60)/b3-1-,4-2-,39-15-/t40-,51+,52+,53?,54?/m1/s1. The highest BCUT2D eigenvalue weighted by Gasteiger charge is 2.36. The van der Waals surface area contributed by atoms with Crippen molar-refractivity contribution in [1.29, 1.82) is 0 Å². The number of phenolic OH excluding ortho intramolecular Hbond substituents is 2. The summed E-state index contributed by atoms with van der Waals surface area (Å²) in [5.41, 5.74) is 7.75. The molecular formula is C54H50O10.